The minimum absolute atomic E-state index is 0.0568. The number of amides is 1. The predicted octanol–water partition coefficient (Wildman–Crippen LogP) is 3.94. The van der Waals surface area contributed by atoms with Crippen LogP contribution in [0.15, 0.2) is 17.5 Å². The molecule has 1 aromatic heterocycles. The van der Waals surface area contributed by atoms with E-state index in [1.807, 2.05) is 17.5 Å². The molecule has 1 aromatic rings. The zero-order chi connectivity index (χ0) is 13.6. The smallest absolute Gasteiger partial charge is 0.407 e. The van der Waals surface area contributed by atoms with E-state index in [-0.39, 0.29) is 11.6 Å². The van der Waals surface area contributed by atoms with Crippen LogP contribution in [0.3, 0.4) is 0 Å². The average molecular weight is 291 g/mol. The third-order valence-corrected chi connectivity index (χ3v) is 6.18. The summed E-state index contributed by atoms with van der Waals surface area (Å²) in [5.74, 6) is 2.54. The molecule has 3 nitrogen and oxygen atoms in total. The normalized spacial score (nSPS) is 37.9. The van der Waals surface area contributed by atoms with E-state index in [9.17, 15) is 4.79 Å². The third-order valence-electron chi connectivity index (χ3n) is 5.33. The van der Waals surface area contributed by atoms with Crippen molar-refractivity contribution in [1.29, 1.82) is 0 Å². The number of hydrogen-bond acceptors (Lipinski definition) is 3. The van der Waals surface area contributed by atoms with E-state index in [4.69, 9.17) is 4.74 Å². The molecular formula is C16H21NO2S. The second-order valence-corrected chi connectivity index (χ2v) is 8.01. The number of thiophene rings is 1. The SMILES string of the molecule is O=C(NC12CC3CC(CC(C3)C1)C2)OCc1cccs1. The Morgan fingerprint density at radius 2 is 1.90 bits per heavy atom. The molecule has 1 heterocycles. The molecule has 0 radical (unpaired) electrons. The monoisotopic (exact) mass is 291 g/mol. The van der Waals surface area contributed by atoms with Crippen molar-refractivity contribution >= 4 is 17.4 Å². The molecule has 0 atom stereocenters. The Hall–Kier alpha value is -1.03. The zero-order valence-electron chi connectivity index (χ0n) is 11.6. The van der Waals surface area contributed by atoms with Gasteiger partial charge in [0.25, 0.3) is 0 Å². The first kappa shape index (κ1) is 12.7. The van der Waals surface area contributed by atoms with Gasteiger partial charge in [-0.3, -0.25) is 0 Å². The number of nitrogens with one attached hydrogen (secondary N) is 1. The Labute approximate surface area is 123 Å². The number of ether oxygens (including phenoxy) is 1. The van der Waals surface area contributed by atoms with E-state index < -0.39 is 0 Å². The fourth-order valence-electron chi connectivity index (χ4n) is 5.05. The number of alkyl carbamates (subject to hydrolysis) is 1. The van der Waals surface area contributed by atoms with E-state index in [2.05, 4.69) is 5.32 Å². The molecule has 0 unspecified atom stereocenters. The summed E-state index contributed by atoms with van der Waals surface area (Å²) in [7, 11) is 0. The highest BCUT2D eigenvalue weighted by Gasteiger charge is 2.51. The highest BCUT2D eigenvalue weighted by molar-refractivity contribution is 7.09. The maximum absolute atomic E-state index is 12.1. The highest BCUT2D eigenvalue weighted by atomic mass is 32.1. The Bertz CT molecular complexity index is 461. The van der Waals surface area contributed by atoms with E-state index in [0.717, 1.165) is 22.6 Å². The molecule has 0 spiro atoms. The molecule has 0 saturated heterocycles. The van der Waals surface area contributed by atoms with Crippen molar-refractivity contribution in [3.05, 3.63) is 22.4 Å². The first-order chi connectivity index (χ1) is 9.71. The second-order valence-electron chi connectivity index (χ2n) is 6.98. The molecule has 108 valence electrons. The molecule has 4 aliphatic carbocycles. The van der Waals surface area contributed by atoms with Gasteiger partial charge in [0.1, 0.15) is 6.61 Å². The van der Waals surface area contributed by atoms with Gasteiger partial charge in [-0.1, -0.05) is 6.07 Å². The number of hydrogen-bond donors (Lipinski definition) is 1. The maximum atomic E-state index is 12.1. The zero-order valence-corrected chi connectivity index (χ0v) is 12.5. The van der Waals surface area contributed by atoms with Crippen LogP contribution in [0.25, 0.3) is 0 Å². The number of carbonyl (C=O) groups is 1. The van der Waals surface area contributed by atoms with Crippen molar-refractivity contribution in [2.24, 2.45) is 17.8 Å². The van der Waals surface area contributed by atoms with Crippen LogP contribution in [0, 0.1) is 17.8 Å². The molecule has 0 aliphatic heterocycles. The summed E-state index contributed by atoms with van der Waals surface area (Å²) in [4.78, 5) is 13.2. The van der Waals surface area contributed by atoms with E-state index >= 15 is 0 Å². The summed E-state index contributed by atoms with van der Waals surface area (Å²) in [6.45, 7) is 0.399. The van der Waals surface area contributed by atoms with Crippen LogP contribution >= 0.6 is 11.3 Å². The molecule has 1 amide bonds. The summed E-state index contributed by atoms with van der Waals surface area (Å²) >= 11 is 1.63. The first-order valence-corrected chi connectivity index (χ1v) is 8.56. The van der Waals surface area contributed by atoms with E-state index in [1.165, 1.54) is 38.5 Å². The van der Waals surface area contributed by atoms with Gasteiger partial charge in [-0.25, -0.2) is 4.79 Å². The van der Waals surface area contributed by atoms with E-state index in [0.29, 0.717) is 6.61 Å². The molecule has 5 rings (SSSR count). The van der Waals surface area contributed by atoms with Crippen molar-refractivity contribution < 1.29 is 9.53 Å². The molecule has 20 heavy (non-hydrogen) atoms. The van der Waals surface area contributed by atoms with Gasteiger partial charge >= 0.3 is 6.09 Å². The number of rotatable bonds is 3. The second kappa shape index (κ2) is 4.76. The van der Waals surface area contributed by atoms with Gasteiger partial charge in [-0.2, -0.15) is 0 Å². The van der Waals surface area contributed by atoms with Gasteiger partial charge in [0.05, 0.1) is 0 Å². The fraction of sp³-hybridized carbons (Fsp3) is 0.688. The first-order valence-electron chi connectivity index (χ1n) is 7.68. The summed E-state index contributed by atoms with van der Waals surface area (Å²) in [6.07, 6.45) is 7.48. The standard InChI is InChI=1S/C16H21NO2S/c18-15(19-10-14-2-1-3-20-14)17-16-7-11-4-12(8-16)6-13(5-11)9-16/h1-3,11-13H,4-10H2,(H,17,18). The molecule has 4 fully saturated rings. The lowest BCUT2D eigenvalue weighted by Gasteiger charge is -2.56. The van der Waals surface area contributed by atoms with E-state index in [1.54, 1.807) is 11.3 Å². The average Bonchev–Trinajstić information content (AvgIpc) is 2.87. The summed E-state index contributed by atoms with van der Waals surface area (Å²) < 4.78 is 5.39. The van der Waals surface area contributed by atoms with Gasteiger partial charge in [0.2, 0.25) is 0 Å². The van der Waals surface area contributed by atoms with Gasteiger partial charge < -0.3 is 10.1 Å². The third kappa shape index (κ3) is 2.34. The van der Waals surface area contributed by atoms with Gasteiger partial charge in [0.15, 0.2) is 0 Å². The predicted molar refractivity (Wildman–Crippen MR) is 78.5 cm³/mol. The quantitative estimate of drug-likeness (QED) is 0.916. The fourth-order valence-corrected chi connectivity index (χ4v) is 5.66. The Kier molecular flexibility index (Phi) is 3.02. The van der Waals surface area contributed by atoms with Crippen molar-refractivity contribution in [3.63, 3.8) is 0 Å². The molecule has 4 saturated carbocycles. The molecule has 4 aliphatic rings. The van der Waals surface area contributed by atoms with Crippen molar-refractivity contribution in [2.45, 2.75) is 50.7 Å². The summed E-state index contributed by atoms with van der Waals surface area (Å²) in [6, 6.07) is 3.99. The Balaban J connectivity index is 1.37. The molecule has 0 aromatic carbocycles. The highest BCUT2D eigenvalue weighted by Crippen LogP contribution is 2.55. The van der Waals surface area contributed by atoms with Crippen LogP contribution in [0.1, 0.15) is 43.4 Å². The Morgan fingerprint density at radius 1 is 1.25 bits per heavy atom. The lowest BCUT2D eigenvalue weighted by atomic mass is 9.53. The van der Waals surface area contributed by atoms with Crippen LogP contribution in [-0.4, -0.2) is 11.6 Å². The van der Waals surface area contributed by atoms with Crippen LogP contribution in [-0.2, 0) is 11.3 Å². The largest absolute Gasteiger partial charge is 0.444 e. The van der Waals surface area contributed by atoms with Crippen molar-refractivity contribution in [3.8, 4) is 0 Å². The Morgan fingerprint density at radius 3 is 2.45 bits per heavy atom. The minimum atomic E-state index is -0.222. The molecule has 4 heteroatoms. The van der Waals surface area contributed by atoms with Crippen LogP contribution in [0.5, 0.6) is 0 Å². The van der Waals surface area contributed by atoms with Crippen LogP contribution in [0.4, 0.5) is 4.79 Å². The molecular weight excluding hydrogens is 270 g/mol. The lowest BCUT2D eigenvalue weighted by Crippen LogP contribution is -2.59. The van der Waals surface area contributed by atoms with Crippen molar-refractivity contribution in [2.75, 3.05) is 0 Å². The molecule has 1 N–H and O–H groups in total. The summed E-state index contributed by atoms with van der Waals surface area (Å²) in [5, 5.41) is 5.24. The lowest BCUT2D eigenvalue weighted by molar-refractivity contribution is -0.0195. The van der Waals surface area contributed by atoms with Crippen molar-refractivity contribution in [1.82, 2.24) is 5.32 Å². The number of carbonyl (C=O) groups excluding carboxylic acids is 1. The van der Waals surface area contributed by atoms with Gasteiger partial charge in [0, 0.05) is 10.4 Å². The van der Waals surface area contributed by atoms with Gasteiger partial charge in [-0.15, -0.1) is 11.3 Å². The van der Waals surface area contributed by atoms with Crippen LogP contribution < -0.4 is 5.32 Å². The van der Waals surface area contributed by atoms with Gasteiger partial charge in [-0.05, 0) is 67.7 Å². The van der Waals surface area contributed by atoms with Crippen LogP contribution in [0.2, 0.25) is 0 Å². The maximum Gasteiger partial charge on any atom is 0.407 e. The topological polar surface area (TPSA) is 38.3 Å². The molecule has 4 bridgehead atoms. The summed E-state index contributed by atoms with van der Waals surface area (Å²) in [5.41, 5.74) is 0.0568. The minimum Gasteiger partial charge on any atom is -0.444 e.